The van der Waals surface area contributed by atoms with Gasteiger partial charge in [0.2, 0.25) is 0 Å². The lowest BCUT2D eigenvalue weighted by atomic mass is 10.0. The number of hydrogen-bond acceptors (Lipinski definition) is 4. The van der Waals surface area contributed by atoms with E-state index in [1.165, 1.54) is 11.8 Å². The van der Waals surface area contributed by atoms with Gasteiger partial charge in [0.1, 0.15) is 16.7 Å². The summed E-state index contributed by atoms with van der Waals surface area (Å²) in [5.41, 5.74) is 1.65. The highest BCUT2D eigenvalue weighted by Crippen LogP contribution is 2.35. The van der Waals surface area contributed by atoms with Crippen LogP contribution in [0.5, 0.6) is 5.75 Å². The molecule has 0 radical (unpaired) electrons. The number of halogens is 2. The third-order valence-corrected chi connectivity index (χ3v) is 6.00. The number of carbonyl (C=O) groups excluding carboxylic acids is 1. The van der Waals surface area contributed by atoms with Crippen LogP contribution < -0.4 is 10.1 Å². The van der Waals surface area contributed by atoms with Crippen molar-refractivity contribution in [1.82, 2.24) is 5.32 Å². The lowest BCUT2D eigenvalue weighted by molar-refractivity contribution is -0.115. The van der Waals surface area contributed by atoms with Gasteiger partial charge in [0.15, 0.2) is 0 Å². The molecule has 4 rings (SSSR count). The fourth-order valence-corrected chi connectivity index (χ4v) is 4.39. The monoisotopic (exact) mass is 445 g/mol. The second-order valence-corrected chi connectivity index (χ2v) is 8.64. The van der Waals surface area contributed by atoms with E-state index in [1.54, 1.807) is 12.1 Å². The van der Waals surface area contributed by atoms with E-state index in [1.807, 2.05) is 48.5 Å². The van der Waals surface area contributed by atoms with Crippen LogP contribution in [-0.2, 0) is 11.4 Å². The van der Waals surface area contributed by atoms with Gasteiger partial charge < -0.3 is 10.1 Å². The molecule has 0 saturated carbocycles. The molecule has 1 heterocycles. The van der Waals surface area contributed by atoms with Gasteiger partial charge in [-0.1, -0.05) is 83.6 Å². The summed E-state index contributed by atoms with van der Waals surface area (Å²) in [7, 11) is 0. The van der Waals surface area contributed by atoms with Crippen molar-refractivity contribution >= 4 is 74.3 Å². The number of rotatable bonds is 4. The predicted molar refractivity (Wildman–Crippen MR) is 121 cm³/mol. The molecule has 0 atom stereocenters. The summed E-state index contributed by atoms with van der Waals surface area (Å²) in [6.45, 7) is 0.280. The number of carbonyl (C=O) groups is 1. The Morgan fingerprint density at radius 3 is 2.68 bits per heavy atom. The summed E-state index contributed by atoms with van der Waals surface area (Å²) in [4.78, 5) is 12.7. The van der Waals surface area contributed by atoms with Crippen LogP contribution in [0.4, 0.5) is 0 Å². The topological polar surface area (TPSA) is 38.3 Å². The quantitative estimate of drug-likeness (QED) is 0.382. The minimum absolute atomic E-state index is 0.199. The number of amides is 1. The van der Waals surface area contributed by atoms with E-state index in [9.17, 15) is 4.79 Å². The number of thiocarbonyl (C=S) groups is 1. The molecule has 3 nitrogen and oxygen atoms in total. The molecule has 28 heavy (non-hydrogen) atoms. The Morgan fingerprint density at radius 2 is 1.93 bits per heavy atom. The molecule has 1 aliphatic heterocycles. The summed E-state index contributed by atoms with van der Waals surface area (Å²) in [6.07, 6.45) is 1.82. The molecule has 3 aromatic carbocycles. The van der Waals surface area contributed by atoms with E-state index in [-0.39, 0.29) is 12.5 Å². The van der Waals surface area contributed by atoms with Crippen molar-refractivity contribution in [3.8, 4) is 5.75 Å². The smallest absolute Gasteiger partial charge is 0.263 e. The molecular weight excluding hydrogens is 433 g/mol. The largest absolute Gasteiger partial charge is 0.488 e. The van der Waals surface area contributed by atoms with Crippen LogP contribution in [0.3, 0.4) is 0 Å². The van der Waals surface area contributed by atoms with Crippen molar-refractivity contribution in [2.75, 3.05) is 0 Å². The molecule has 7 heteroatoms. The zero-order valence-corrected chi connectivity index (χ0v) is 17.5. The molecule has 3 aromatic rings. The Hall–Kier alpha value is -2.05. The van der Waals surface area contributed by atoms with Crippen LogP contribution in [0.2, 0.25) is 10.0 Å². The summed E-state index contributed by atoms with van der Waals surface area (Å²) in [5, 5.41) is 5.80. The molecule has 1 fully saturated rings. The van der Waals surface area contributed by atoms with Gasteiger partial charge in [0.05, 0.1) is 4.91 Å². The first-order valence-corrected chi connectivity index (χ1v) is 10.3. The predicted octanol–water partition coefficient (Wildman–Crippen LogP) is 6.21. The van der Waals surface area contributed by atoms with Gasteiger partial charge in [-0.05, 0) is 35.0 Å². The Morgan fingerprint density at radius 1 is 1.11 bits per heavy atom. The van der Waals surface area contributed by atoms with Gasteiger partial charge >= 0.3 is 0 Å². The van der Waals surface area contributed by atoms with Gasteiger partial charge in [0.25, 0.3) is 5.91 Å². The highest BCUT2D eigenvalue weighted by molar-refractivity contribution is 8.26. The van der Waals surface area contributed by atoms with Gasteiger partial charge in [-0.15, -0.1) is 0 Å². The van der Waals surface area contributed by atoms with Crippen molar-refractivity contribution in [1.29, 1.82) is 0 Å². The second-order valence-electron chi connectivity index (χ2n) is 6.08. The first-order chi connectivity index (χ1) is 13.5. The van der Waals surface area contributed by atoms with Crippen molar-refractivity contribution in [2.45, 2.75) is 6.61 Å². The lowest BCUT2D eigenvalue weighted by Crippen LogP contribution is -2.17. The second kappa shape index (κ2) is 8.13. The van der Waals surface area contributed by atoms with Crippen LogP contribution in [0, 0.1) is 0 Å². The first kappa shape index (κ1) is 19.3. The fourth-order valence-electron chi connectivity index (χ4n) is 2.90. The van der Waals surface area contributed by atoms with Crippen LogP contribution in [-0.4, -0.2) is 10.2 Å². The molecule has 1 saturated heterocycles. The van der Waals surface area contributed by atoms with Gasteiger partial charge in [0, 0.05) is 21.2 Å². The van der Waals surface area contributed by atoms with Crippen molar-refractivity contribution in [3.05, 3.63) is 80.7 Å². The van der Waals surface area contributed by atoms with E-state index < -0.39 is 0 Å². The van der Waals surface area contributed by atoms with Gasteiger partial charge in [-0.25, -0.2) is 0 Å². The zero-order chi connectivity index (χ0) is 19.7. The molecule has 0 spiro atoms. The minimum atomic E-state index is -0.199. The third kappa shape index (κ3) is 4.03. The number of benzene rings is 3. The maximum Gasteiger partial charge on any atom is 0.263 e. The Kier molecular flexibility index (Phi) is 5.60. The van der Waals surface area contributed by atoms with Crippen LogP contribution in [0.1, 0.15) is 11.1 Å². The molecule has 1 amide bonds. The van der Waals surface area contributed by atoms with Crippen LogP contribution in [0.25, 0.3) is 16.8 Å². The van der Waals surface area contributed by atoms with Crippen LogP contribution in [0.15, 0.2) is 59.5 Å². The lowest BCUT2D eigenvalue weighted by Gasteiger charge is -2.13. The first-order valence-electron chi connectivity index (χ1n) is 8.34. The molecular formula is C21H13Cl2NO2S2. The Balaban J connectivity index is 1.74. The van der Waals surface area contributed by atoms with E-state index in [2.05, 4.69) is 5.32 Å². The Labute approximate surface area is 181 Å². The number of hydrogen-bond donors (Lipinski definition) is 1. The highest BCUT2D eigenvalue weighted by Gasteiger charge is 2.23. The summed E-state index contributed by atoms with van der Waals surface area (Å²) >= 11 is 18.6. The average Bonchev–Trinajstić information content (AvgIpc) is 2.99. The Bertz CT molecular complexity index is 1140. The SMILES string of the molecule is O=C1NC(=S)S/C1=C\c1c(OCc2ccc(Cl)cc2Cl)ccc2ccccc12. The van der Waals surface area contributed by atoms with E-state index in [4.69, 9.17) is 40.2 Å². The fraction of sp³-hybridized carbons (Fsp3) is 0.0476. The molecule has 0 aromatic heterocycles. The summed E-state index contributed by atoms with van der Waals surface area (Å²) in [5.74, 6) is 0.457. The normalized spacial score (nSPS) is 15.3. The third-order valence-electron chi connectivity index (χ3n) is 4.25. The van der Waals surface area contributed by atoms with E-state index in [0.717, 1.165) is 21.9 Å². The molecule has 140 valence electrons. The van der Waals surface area contributed by atoms with Crippen LogP contribution >= 0.6 is 47.2 Å². The minimum Gasteiger partial charge on any atom is -0.488 e. The maximum absolute atomic E-state index is 12.1. The van der Waals surface area contributed by atoms with Gasteiger partial charge in [-0.3, -0.25) is 4.79 Å². The van der Waals surface area contributed by atoms with Crippen molar-refractivity contribution < 1.29 is 9.53 Å². The zero-order valence-electron chi connectivity index (χ0n) is 14.4. The molecule has 1 aliphatic rings. The van der Waals surface area contributed by atoms with Crippen molar-refractivity contribution in [3.63, 3.8) is 0 Å². The standard InChI is InChI=1S/C21H13Cl2NO2S2/c22-14-7-5-13(17(23)9-14)11-26-18-8-6-12-3-1-2-4-15(12)16(18)10-19-20(25)24-21(27)28-19/h1-10H,11H2,(H,24,25,27)/b19-10-. The average molecular weight is 446 g/mol. The number of thioether (sulfide) groups is 1. The molecule has 0 bridgehead atoms. The highest BCUT2D eigenvalue weighted by atomic mass is 35.5. The number of nitrogens with one attached hydrogen (secondary N) is 1. The number of ether oxygens (including phenoxy) is 1. The van der Waals surface area contributed by atoms with Gasteiger partial charge in [-0.2, -0.15) is 0 Å². The van der Waals surface area contributed by atoms with E-state index >= 15 is 0 Å². The summed E-state index contributed by atoms with van der Waals surface area (Å²) in [6, 6.07) is 17.1. The maximum atomic E-state index is 12.1. The number of fused-ring (bicyclic) bond motifs is 1. The summed E-state index contributed by atoms with van der Waals surface area (Å²) < 4.78 is 6.53. The molecule has 0 aliphatic carbocycles. The van der Waals surface area contributed by atoms with Crippen molar-refractivity contribution in [2.24, 2.45) is 0 Å². The molecule has 0 unspecified atom stereocenters. The van der Waals surface area contributed by atoms with E-state index in [0.29, 0.717) is 25.0 Å². The molecule has 1 N–H and O–H groups in total.